The predicted octanol–water partition coefficient (Wildman–Crippen LogP) is 3.68. The van der Waals surface area contributed by atoms with Crippen LogP contribution in [0.3, 0.4) is 0 Å². The zero-order valence-corrected chi connectivity index (χ0v) is 20.2. The Hall–Kier alpha value is -3.38. The van der Waals surface area contributed by atoms with Gasteiger partial charge in [0.1, 0.15) is 11.5 Å². The molecule has 4 heterocycles. The molecule has 10 nitrogen and oxygen atoms in total. The molecule has 5 rings (SSSR count). The van der Waals surface area contributed by atoms with E-state index in [-0.39, 0.29) is 18.8 Å². The van der Waals surface area contributed by atoms with Crippen LogP contribution in [0.25, 0.3) is 33.3 Å². The Bertz CT molecular complexity index is 1350. The second kappa shape index (κ2) is 10.3. The normalized spacial score (nSPS) is 18.4. The van der Waals surface area contributed by atoms with Gasteiger partial charge in [0.05, 0.1) is 43.9 Å². The number of nitrogens with zero attached hydrogens (tertiary/aromatic N) is 5. The SMILES string of the molecule is COc1nc(NC2CCC(OCCO)CC2)nc2[nH]cc(-c3cnc4nc(C)n(CC(F)F)c4c3)c12. The van der Waals surface area contributed by atoms with Crippen LogP contribution in [0.5, 0.6) is 5.88 Å². The molecule has 0 unspecified atom stereocenters. The minimum absolute atomic E-state index is 0.0346. The summed E-state index contributed by atoms with van der Waals surface area (Å²) in [6.45, 7) is 1.64. The van der Waals surface area contributed by atoms with E-state index in [9.17, 15) is 8.78 Å². The third-order valence-corrected chi connectivity index (χ3v) is 6.57. The third kappa shape index (κ3) is 4.82. The highest BCUT2D eigenvalue weighted by Gasteiger charge is 2.24. The number of hydrogen-bond acceptors (Lipinski definition) is 8. The molecule has 1 aliphatic carbocycles. The van der Waals surface area contributed by atoms with Gasteiger partial charge in [0, 0.05) is 29.6 Å². The molecule has 0 aliphatic heterocycles. The van der Waals surface area contributed by atoms with Gasteiger partial charge in [-0.25, -0.2) is 18.7 Å². The number of H-pyrrole nitrogens is 1. The van der Waals surface area contributed by atoms with Crippen LogP contribution in [0.15, 0.2) is 18.5 Å². The molecular formula is C24H29F2N7O3. The molecule has 192 valence electrons. The van der Waals surface area contributed by atoms with Gasteiger partial charge in [0.25, 0.3) is 6.43 Å². The Labute approximate surface area is 206 Å². The summed E-state index contributed by atoms with van der Waals surface area (Å²) in [5.74, 6) is 1.35. The molecule has 36 heavy (non-hydrogen) atoms. The fraction of sp³-hybridized carbons (Fsp3) is 0.500. The number of rotatable bonds is 9. The van der Waals surface area contributed by atoms with E-state index in [0.29, 0.717) is 52.0 Å². The molecule has 0 saturated heterocycles. The van der Waals surface area contributed by atoms with Crippen molar-refractivity contribution in [1.29, 1.82) is 0 Å². The molecule has 12 heteroatoms. The first-order valence-corrected chi connectivity index (χ1v) is 12.0. The lowest BCUT2D eigenvalue weighted by molar-refractivity contribution is 0.00719. The quantitative estimate of drug-likeness (QED) is 0.317. The maximum absolute atomic E-state index is 13.1. The van der Waals surface area contributed by atoms with Gasteiger partial charge in [0.2, 0.25) is 11.8 Å². The maximum atomic E-state index is 13.1. The van der Waals surface area contributed by atoms with Crippen molar-refractivity contribution >= 4 is 28.1 Å². The molecule has 1 aliphatic rings. The Kier molecular flexibility index (Phi) is 6.97. The summed E-state index contributed by atoms with van der Waals surface area (Å²) >= 11 is 0. The van der Waals surface area contributed by atoms with Crippen LogP contribution in [0.2, 0.25) is 0 Å². The maximum Gasteiger partial charge on any atom is 0.256 e. The van der Waals surface area contributed by atoms with Gasteiger partial charge in [-0.15, -0.1) is 0 Å². The highest BCUT2D eigenvalue weighted by Crippen LogP contribution is 2.35. The number of aromatic amines is 1. The number of aryl methyl sites for hydroxylation is 1. The van der Waals surface area contributed by atoms with Gasteiger partial charge in [-0.3, -0.25) is 0 Å². The van der Waals surface area contributed by atoms with Crippen molar-refractivity contribution < 1.29 is 23.4 Å². The Balaban J connectivity index is 1.42. The lowest BCUT2D eigenvalue weighted by Gasteiger charge is -2.29. The Morgan fingerprint density at radius 2 is 2.03 bits per heavy atom. The largest absolute Gasteiger partial charge is 0.480 e. The topological polar surface area (TPSA) is 123 Å². The number of aliphatic hydroxyl groups is 1. The minimum Gasteiger partial charge on any atom is -0.480 e. The smallest absolute Gasteiger partial charge is 0.256 e. The van der Waals surface area contributed by atoms with Crippen molar-refractivity contribution in [3.8, 4) is 17.0 Å². The summed E-state index contributed by atoms with van der Waals surface area (Å²) in [5.41, 5.74) is 3.02. The highest BCUT2D eigenvalue weighted by atomic mass is 19.3. The van der Waals surface area contributed by atoms with Crippen molar-refractivity contribution in [3.63, 3.8) is 0 Å². The fourth-order valence-electron chi connectivity index (χ4n) is 4.85. The molecule has 1 saturated carbocycles. The average molecular weight is 502 g/mol. The summed E-state index contributed by atoms with van der Waals surface area (Å²) in [4.78, 5) is 21.1. The molecule has 4 aromatic rings. The summed E-state index contributed by atoms with van der Waals surface area (Å²) in [7, 11) is 1.55. The van der Waals surface area contributed by atoms with Crippen LogP contribution in [0, 0.1) is 6.92 Å². The minimum atomic E-state index is -2.50. The number of aliphatic hydroxyl groups excluding tert-OH is 1. The van der Waals surface area contributed by atoms with E-state index in [1.165, 1.54) is 4.57 Å². The number of hydrogen-bond donors (Lipinski definition) is 3. The van der Waals surface area contributed by atoms with Gasteiger partial charge < -0.3 is 29.4 Å². The number of ether oxygens (including phenoxy) is 2. The standard InChI is InChI=1S/C24H29F2N7O3/c1-13-29-21-18(33(13)12-19(25)26)9-14(10-27-21)17-11-28-22-20(17)23(35-2)32-24(31-22)30-15-3-5-16(6-4-15)36-8-7-34/h9-11,15-16,19,34H,3-8,12H2,1-2H3,(H2,28,30,31,32). The predicted molar refractivity (Wildman–Crippen MR) is 130 cm³/mol. The molecule has 3 N–H and O–H groups in total. The fourth-order valence-corrected chi connectivity index (χ4v) is 4.85. The summed E-state index contributed by atoms with van der Waals surface area (Å²) in [6.07, 6.45) is 4.75. The van der Waals surface area contributed by atoms with Crippen molar-refractivity contribution in [2.45, 2.75) is 57.7 Å². The third-order valence-electron chi connectivity index (χ3n) is 6.57. The van der Waals surface area contributed by atoms with Crippen LogP contribution in [-0.4, -0.2) is 73.5 Å². The van der Waals surface area contributed by atoms with E-state index in [2.05, 4.69) is 30.2 Å². The lowest BCUT2D eigenvalue weighted by atomic mass is 9.93. The number of pyridine rings is 1. The number of imidazole rings is 1. The molecule has 0 spiro atoms. The number of anilines is 1. The van der Waals surface area contributed by atoms with E-state index in [0.717, 1.165) is 31.2 Å². The Morgan fingerprint density at radius 3 is 2.75 bits per heavy atom. The second-order valence-electron chi connectivity index (χ2n) is 8.92. The molecule has 0 bridgehead atoms. The summed E-state index contributed by atoms with van der Waals surface area (Å²) < 4.78 is 39.0. The molecule has 0 radical (unpaired) electrons. The first-order valence-electron chi connectivity index (χ1n) is 12.0. The van der Waals surface area contributed by atoms with Crippen LogP contribution >= 0.6 is 0 Å². The van der Waals surface area contributed by atoms with Gasteiger partial charge in [-0.2, -0.15) is 9.97 Å². The van der Waals surface area contributed by atoms with E-state index < -0.39 is 13.0 Å². The second-order valence-corrected chi connectivity index (χ2v) is 8.92. The van der Waals surface area contributed by atoms with Gasteiger partial charge in [-0.05, 0) is 38.7 Å². The van der Waals surface area contributed by atoms with Crippen molar-refractivity contribution in [3.05, 3.63) is 24.3 Å². The van der Waals surface area contributed by atoms with Crippen LogP contribution < -0.4 is 10.1 Å². The molecule has 1 fully saturated rings. The zero-order chi connectivity index (χ0) is 25.2. The van der Waals surface area contributed by atoms with Gasteiger partial charge >= 0.3 is 0 Å². The van der Waals surface area contributed by atoms with Gasteiger partial charge in [0.15, 0.2) is 5.65 Å². The van der Waals surface area contributed by atoms with Gasteiger partial charge in [-0.1, -0.05) is 0 Å². The van der Waals surface area contributed by atoms with Crippen LogP contribution in [0.4, 0.5) is 14.7 Å². The number of methoxy groups -OCH3 is 1. The van der Waals surface area contributed by atoms with E-state index in [1.54, 1.807) is 32.5 Å². The molecule has 0 aromatic carbocycles. The lowest BCUT2D eigenvalue weighted by Crippen LogP contribution is -2.30. The Morgan fingerprint density at radius 1 is 1.22 bits per heavy atom. The van der Waals surface area contributed by atoms with Crippen molar-refractivity contribution in [2.75, 3.05) is 25.6 Å². The number of alkyl halides is 2. The van der Waals surface area contributed by atoms with E-state index in [1.807, 2.05) is 0 Å². The summed E-state index contributed by atoms with van der Waals surface area (Å²) in [5, 5.41) is 13.0. The van der Waals surface area contributed by atoms with Crippen LogP contribution in [0.1, 0.15) is 31.5 Å². The molecule has 0 amide bonds. The number of fused-ring (bicyclic) bond motifs is 2. The number of halogens is 2. The first kappa shape index (κ1) is 24.3. The van der Waals surface area contributed by atoms with E-state index >= 15 is 0 Å². The molecule has 4 aromatic heterocycles. The van der Waals surface area contributed by atoms with E-state index in [4.69, 9.17) is 14.6 Å². The molecule has 0 atom stereocenters. The van der Waals surface area contributed by atoms with Crippen molar-refractivity contribution in [1.82, 2.24) is 29.5 Å². The zero-order valence-electron chi connectivity index (χ0n) is 20.2. The molecular weight excluding hydrogens is 472 g/mol. The number of nitrogens with one attached hydrogen (secondary N) is 2. The van der Waals surface area contributed by atoms with Crippen molar-refractivity contribution in [2.24, 2.45) is 0 Å². The highest BCUT2D eigenvalue weighted by molar-refractivity contribution is 5.98. The number of aromatic nitrogens is 6. The monoisotopic (exact) mass is 501 g/mol. The van der Waals surface area contributed by atoms with Crippen LogP contribution in [-0.2, 0) is 11.3 Å². The first-order chi connectivity index (χ1) is 17.5. The average Bonchev–Trinajstić information content (AvgIpc) is 3.43. The summed E-state index contributed by atoms with van der Waals surface area (Å²) in [6, 6.07) is 2.01.